The topological polar surface area (TPSA) is 133 Å². The van der Waals surface area contributed by atoms with E-state index in [-0.39, 0.29) is 38.2 Å². The molecular weight excluding hydrogens is 428 g/mol. The number of ether oxygens (including phenoxy) is 2. The number of aliphatic hydroxyl groups is 1. The molecule has 3 amide bonds. The molecule has 33 heavy (non-hydrogen) atoms. The maximum absolute atomic E-state index is 12.6. The molecule has 11 nitrogen and oxygen atoms in total. The summed E-state index contributed by atoms with van der Waals surface area (Å²) in [5, 5.41) is 20.4. The van der Waals surface area contributed by atoms with Gasteiger partial charge in [0.05, 0.1) is 25.2 Å². The first kappa shape index (κ1) is 23.0. The monoisotopic (exact) mass is 458 g/mol. The lowest BCUT2D eigenvalue weighted by Gasteiger charge is -2.26. The second-order valence-corrected chi connectivity index (χ2v) is 8.38. The number of likely N-dealkylation sites (tertiary alicyclic amines) is 1. The van der Waals surface area contributed by atoms with Crippen molar-refractivity contribution in [3.8, 4) is 0 Å². The summed E-state index contributed by atoms with van der Waals surface area (Å²) in [7, 11) is 1.59. The molecule has 2 saturated heterocycles. The molecule has 3 heterocycles. The zero-order valence-corrected chi connectivity index (χ0v) is 18.6. The number of nitrogens with one attached hydrogen (secondary N) is 2. The Morgan fingerprint density at radius 1 is 1.27 bits per heavy atom. The van der Waals surface area contributed by atoms with Crippen LogP contribution >= 0.6 is 0 Å². The number of benzene rings is 1. The summed E-state index contributed by atoms with van der Waals surface area (Å²) in [6.07, 6.45) is 0.388. The van der Waals surface area contributed by atoms with Gasteiger partial charge in [-0.3, -0.25) is 5.10 Å². The van der Waals surface area contributed by atoms with Crippen molar-refractivity contribution in [2.24, 2.45) is 0 Å². The normalized spacial score (nSPS) is 21.1. The third kappa shape index (κ3) is 5.79. The molecule has 2 aromatic rings. The van der Waals surface area contributed by atoms with Crippen molar-refractivity contribution < 1.29 is 24.2 Å². The zero-order valence-electron chi connectivity index (χ0n) is 18.6. The predicted molar refractivity (Wildman–Crippen MR) is 117 cm³/mol. The molecule has 2 aliphatic heterocycles. The third-order valence-electron chi connectivity index (χ3n) is 6.08. The average molecular weight is 459 g/mol. The van der Waals surface area contributed by atoms with E-state index in [9.17, 15) is 14.7 Å². The minimum absolute atomic E-state index is 0.104. The minimum atomic E-state index is -0.865. The van der Waals surface area contributed by atoms with Crippen LogP contribution in [0.4, 0.5) is 9.59 Å². The second kappa shape index (κ2) is 10.6. The number of amides is 3. The molecule has 1 aromatic heterocycles. The van der Waals surface area contributed by atoms with E-state index < -0.39 is 18.2 Å². The molecular formula is C22H30N6O5. The lowest BCUT2D eigenvalue weighted by molar-refractivity contribution is 0.0836. The van der Waals surface area contributed by atoms with Crippen LogP contribution < -0.4 is 5.32 Å². The van der Waals surface area contributed by atoms with Crippen molar-refractivity contribution in [2.45, 2.75) is 44.1 Å². The zero-order chi connectivity index (χ0) is 23.2. The Morgan fingerprint density at radius 2 is 2.03 bits per heavy atom. The number of urea groups is 1. The Balaban J connectivity index is 1.24. The fraction of sp³-hybridized carbons (Fsp3) is 0.545. The molecule has 0 spiro atoms. The molecule has 2 aliphatic rings. The van der Waals surface area contributed by atoms with Crippen molar-refractivity contribution in [1.82, 2.24) is 30.3 Å². The number of aromatic amines is 1. The third-order valence-corrected chi connectivity index (χ3v) is 6.08. The van der Waals surface area contributed by atoms with Crippen molar-refractivity contribution >= 4 is 12.1 Å². The van der Waals surface area contributed by atoms with Crippen LogP contribution in [-0.4, -0.2) is 87.7 Å². The highest BCUT2D eigenvalue weighted by Crippen LogP contribution is 2.23. The second-order valence-electron chi connectivity index (χ2n) is 8.38. The van der Waals surface area contributed by atoms with E-state index in [1.165, 1.54) is 9.80 Å². The standard InChI is InChI=1S/C22H30N6O5/c1-27(21(30)23-11-19-24-20(26-25-19)16-7-9-32-10-8-16)17-12-28(13-18(17)29)22(31)33-14-15-5-3-2-4-6-15/h2-6,16-18,29H,7-14H2,1H3,(H,23,30)(H,24,25,26)/t17-,18-/m1/s1. The van der Waals surface area contributed by atoms with Crippen LogP contribution in [0.15, 0.2) is 30.3 Å². The van der Waals surface area contributed by atoms with Gasteiger partial charge in [0.15, 0.2) is 5.82 Å². The van der Waals surface area contributed by atoms with Gasteiger partial charge in [-0.2, -0.15) is 5.10 Å². The number of carbonyl (C=O) groups excluding carboxylic acids is 2. The molecule has 4 rings (SSSR count). The van der Waals surface area contributed by atoms with Crippen LogP contribution in [0.5, 0.6) is 0 Å². The maximum Gasteiger partial charge on any atom is 0.410 e. The highest BCUT2D eigenvalue weighted by Gasteiger charge is 2.39. The van der Waals surface area contributed by atoms with Gasteiger partial charge in [0, 0.05) is 32.7 Å². The molecule has 3 N–H and O–H groups in total. The molecule has 2 atom stereocenters. The van der Waals surface area contributed by atoms with Crippen molar-refractivity contribution in [3.63, 3.8) is 0 Å². The number of β-amino-alcohol motifs (C(OH)–C–C–N with tert-alkyl or cyclic N) is 1. The molecule has 0 saturated carbocycles. The Morgan fingerprint density at radius 3 is 2.79 bits per heavy atom. The molecule has 2 fully saturated rings. The number of aliphatic hydroxyl groups excluding tert-OH is 1. The van der Waals surface area contributed by atoms with E-state index in [2.05, 4.69) is 20.5 Å². The van der Waals surface area contributed by atoms with E-state index in [0.29, 0.717) is 19.0 Å². The molecule has 1 aromatic carbocycles. The highest BCUT2D eigenvalue weighted by atomic mass is 16.6. The molecule has 0 aliphatic carbocycles. The predicted octanol–water partition coefficient (Wildman–Crippen LogP) is 1.22. The number of rotatable bonds is 6. The summed E-state index contributed by atoms with van der Waals surface area (Å²) in [4.78, 5) is 32.3. The van der Waals surface area contributed by atoms with Gasteiger partial charge in [0.25, 0.3) is 0 Å². The Labute approximate surface area is 192 Å². The van der Waals surface area contributed by atoms with Gasteiger partial charge in [-0.05, 0) is 18.4 Å². The quantitative estimate of drug-likeness (QED) is 0.593. The largest absolute Gasteiger partial charge is 0.445 e. The summed E-state index contributed by atoms with van der Waals surface area (Å²) >= 11 is 0. The van der Waals surface area contributed by atoms with Gasteiger partial charge in [0.1, 0.15) is 12.4 Å². The van der Waals surface area contributed by atoms with Crippen LogP contribution in [0.2, 0.25) is 0 Å². The fourth-order valence-corrected chi connectivity index (χ4v) is 4.07. The number of carbonyl (C=O) groups is 2. The number of H-pyrrole nitrogens is 1. The van der Waals surface area contributed by atoms with Crippen LogP contribution in [0, 0.1) is 0 Å². The Hall–Kier alpha value is -3.18. The molecule has 0 unspecified atom stereocenters. The lowest BCUT2D eigenvalue weighted by atomic mass is 10.00. The summed E-state index contributed by atoms with van der Waals surface area (Å²) in [6.45, 7) is 2.04. The van der Waals surface area contributed by atoms with E-state index in [0.717, 1.165) is 24.2 Å². The molecule has 0 bridgehead atoms. The van der Waals surface area contributed by atoms with Crippen LogP contribution in [0.1, 0.15) is 36.0 Å². The number of aromatic nitrogens is 3. The van der Waals surface area contributed by atoms with Crippen molar-refractivity contribution in [2.75, 3.05) is 33.4 Å². The number of hydrogen-bond acceptors (Lipinski definition) is 7. The highest BCUT2D eigenvalue weighted by molar-refractivity contribution is 5.75. The van der Waals surface area contributed by atoms with Gasteiger partial charge in [0.2, 0.25) is 0 Å². The van der Waals surface area contributed by atoms with Crippen LogP contribution in [0.3, 0.4) is 0 Å². The van der Waals surface area contributed by atoms with Gasteiger partial charge in [-0.1, -0.05) is 30.3 Å². The minimum Gasteiger partial charge on any atom is -0.445 e. The summed E-state index contributed by atoms with van der Waals surface area (Å²) in [5.41, 5.74) is 0.881. The maximum atomic E-state index is 12.6. The first-order valence-corrected chi connectivity index (χ1v) is 11.1. The smallest absolute Gasteiger partial charge is 0.410 e. The SMILES string of the molecule is CN(C(=O)NCc1nc(C2CCOCC2)n[nH]1)[C@@H]1CN(C(=O)OCc2ccccc2)C[C@H]1O. The average Bonchev–Trinajstić information content (AvgIpc) is 3.48. The Bertz CT molecular complexity index is 932. The van der Waals surface area contributed by atoms with Gasteiger partial charge in [-0.25, -0.2) is 14.6 Å². The van der Waals surface area contributed by atoms with Crippen molar-refractivity contribution in [1.29, 1.82) is 0 Å². The number of nitrogens with zero attached hydrogens (tertiary/aromatic N) is 4. The first-order chi connectivity index (χ1) is 16.0. The first-order valence-electron chi connectivity index (χ1n) is 11.1. The summed E-state index contributed by atoms with van der Waals surface area (Å²) in [6, 6.07) is 8.46. The Kier molecular flexibility index (Phi) is 7.40. The van der Waals surface area contributed by atoms with E-state index >= 15 is 0 Å². The van der Waals surface area contributed by atoms with Gasteiger partial charge >= 0.3 is 12.1 Å². The number of hydrogen-bond donors (Lipinski definition) is 3. The van der Waals surface area contributed by atoms with Gasteiger partial charge < -0.3 is 29.7 Å². The lowest BCUT2D eigenvalue weighted by Crippen LogP contribution is -2.48. The van der Waals surface area contributed by atoms with E-state index in [1.54, 1.807) is 7.05 Å². The fourth-order valence-electron chi connectivity index (χ4n) is 4.07. The molecule has 178 valence electrons. The summed E-state index contributed by atoms with van der Waals surface area (Å²) in [5.74, 6) is 1.58. The molecule has 0 radical (unpaired) electrons. The van der Waals surface area contributed by atoms with Crippen LogP contribution in [-0.2, 0) is 22.6 Å². The molecule has 11 heteroatoms. The van der Waals surface area contributed by atoms with Crippen LogP contribution in [0.25, 0.3) is 0 Å². The number of likely N-dealkylation sites (N-methyl/N-ethyl adjacent to an activating group) is 1. The van der Waals surface area contributed by atoms with Crippen molar-refractivity contribution in [3.05, 3.63) is 47.5 Å². The van der Waals surface area contributed by atoms with E-state index in [4.69, 9.17) is 9.47 Å². The summed E-state index contributed by atoms with van der Waals surface area (Å²) < 4.78 is 10.7. The van der Waals surface area contributed by atoms with Gasteiger partial charge in [-0.15, -0.1) is 0 Å². The van der Waals surface area contributed by atoms with E-state index in [1.807, 2.05) is 30.3 Å².